The van der Waals surface area contributed by atoms with Crippen molar-refractivity contribution in [3.05, 3.63) is 52.7 Å². The highest BCUT2D eigenvalue weighted by molar-refractivity contribution is 7.13. The van der Waals surface area contributed by atoms with Gasteiger partial charge in [0, 0.05) is 12.8 Å². The molecule has 0 radical (unpaired) electrons. The first-order chi connectivity index (χ1) is 13.5. The molecule has 2 heterocycles. The highest BCUT2D eigenvalue weighted by atomic mass is 32.1. The van der Waals surface area contributed by atoms with Crippen molar-refractivity contribution in [1.82, 2.24) is 10.2 Å². The largest absolute Gasteiger partial charge is 0.414 e. The highest BCUT2D eigenvalue weighted by Crippen LogP contribution is 2.22. The lowest BCUT2D eigenvalue weighted by Crippen LogP contribution is -3.12. The molecule has 0 fully saturated rings. The Morgan fingerprint density at radius 2 is 2.14 bits per heavy atom. The van der Waals surface area contributed by atoms with Crippen LogP contribution in [0.4, 0.5) is 5.69 Å². The molecule has 28 heavy (non-hydrogen) atoms. The van der Waals surface area contributed by atoms with E-state index in [9.17, 15) is 4.79 Å². The summed E-state index contributed by atoms with van der Waals surface area (Å²) < 4.78 is 11.0. The van der Waals surface area contributed by atoms with Gasteiger partial charge in [-0.3, -0.25) is 4.79 Å². The number of aryl methyl sites for hydroxylation is 2. The molecule has 0 bridgehead atoms. The maximum atomic E-state index is 12.6. The number of anilines is 1. The Balaban J connectivity index is 1.64. The third-order valence-electron chi connectivity index (χ3n) is 4.34. The molecule has 0 aliphatic carbocycles. The number of hydrogen-bond acceptors (Lipinski definition) is 6. The topological polar surface area (TPSA) is 81.7 Å². The average molecular weight is 402 g/mol. The average Bonchev–Trinajstić information content (AvgIpc) is 3.34. The van der Waals surface area contributed by atoms with Gasteiger partial charge in [0.15, 0.2) is 13.1 Å². The predicted octanol–water partition coefficient (Wildman–Crippen LogP) is 2.08. The van der Waals surface area contributed by atoms with Crippen LogP contribution in [0.15, 0.2) is 40.1 Å². The van der Waals surface area contributed by atoms with Gasteiger partial charge in [-0.15, -0.1) is 21.5 Å². The molecule has 1 unspecified atom stereocenters. The van der Waals surface area contributed by atoms with Gasteiger partial charge >= 0.3 is 0 Å². The summed E-state index contributed by atoms with van der Waals surface area (Å²) in [5.41, 5.74) is 2.99. The zero-order valence-corrected chi connectivity index (χ0v) is 17.1. The number of amides is 1. The summed E-state index contributed by atoms with van der Waals surface area (Å²) in [7, 11) is 1.65. The number of rotatable bonds is 9. The van der Waals surface area contributed by atoms with Gasteiger partial charge in [-0.05, 0) is 42.5 Å². The van der Waals surface area contributed by atoms with Crippen molar-refractivity contribution in [2.45, 2.75) is 20.4 Å². The molecule has 1 aromatic carbocycles. The molecule has 0 saturated heterocycles. The maximum Gasteiger partial charge on any atom is 0.279 e. The molecule has 0 spiro atoms. The van der Waals surface area contributed by atoms with E-state index in [2.05, 4.69) is 15.5 Å². The minimum atomic E-state index is -0.0576. The van der Waals surface area contributed by atoms with Crippen molar-refractivity contribution < 1.29 is 18.8 Å². The number of carbonyl (C=O) groups excluding carboxylic acids is 1. The number of aromatic nitrogens is 2. The molecule has 7 nitrogen and oxygen atoms in total. The minimum Gasteiger partial charge on any atom is -0.414 e. The fraction of sp³-hybridized carbons (Fsp3) is 0.350. The van der Waals surface area contributed by atoms with E-state index in [0.29, 0.717) is 31.5 Å². The van der Waals surface area contributed by atoms with E-state index in [1.165, 1.54) is 0 Å². The molecule has 1 atom stereocenters. The standard InChI is InChI=1S/C20H24N4O3S/c1-14-6-7-15(2)16(11-14)21-18(25)12-24(8-9-26-3)13-19-22-23-20(27-19)17-5-4-10-28-17/h4-7,10-11H,8-9,12-13H2,1-3H3,(H,21,25)/p+1. The summed E-state index contributed by atoms with van der Waals surface area (Å²) in [6.07, 6.45) is 0. The number of hydrogen-bond donors (Lipinski definition) is 2. The third kappa shape index (κ3) is 5.48. The molecule has 3 aromatic rings. The Kier molecular flexibility index (Phi) is 6.91. The van der Waals surface area contributed by atoms with E-state index < -0.39 is 0 Å². The van der Waals surface area contributed by atoms with E-state index >= 15 is 0 Å². The van der Waals surface area contributed by atoms with Crippen molar-refractivity contribution >= 4 is 22.9 Å². The number of methoxy groups -OCH3 is 1. The fourth-order valence-electron chi connectivity index (χ4n) is 2.82. The third-order valence-corrected chi connectivity index (χ3v) is 5.20. The lowest BCUT2D eigenvalue weighted by molar-refractivity contribution is -0.907. The predicted molar refractivity (Wildman–Crippen MR) is 108 cm³/mol. The highest BCUT2D eigenvalue weighted by Gasteiger charge is 2.19. The normalized spacial score (nSPS) is 12.1. The van der Waals surface area contributed by atoms with Gasteiger partial charge in [0.1, 0.15) is 6.54 Å². The zero-order chi connectivity index (χ0) is 19.9. The zero-order valence-electron chi connectivity index (χ0n) is 16.3. The fourth-order valence-corrected chi connectivity index (χ4v) is 3.46. The molecule has 3 rings (SSSR count). The summed E-state index contributed by atoms with van der Waals surface area (Å²) in [4.78, 5) is 14.5. The van der Waals surface area contributed by atoms with Crippen LogP contribution >= 0.6 is 11.3 Å². The molecule has 1 amide bonds. The van der Waals surface area contributed by atoms with Gasteiger partial charge in [-0.2, -0.15) is 0 Å². The van der Waals surface area contributed by atoms with Gasteiger partial charge in [0.2, 0.25) is 0 Å². The second kappa shape index (κ2) is 9.59. The Labute approximate surface area is 168 Å². The molecular weight excluding hydrogens is 376 g/mol. The number of benzene rings is 1. The second-order valence-electron chi connectivity index (χ2n) is 6.69. The summed E-state index contributed by atoms with van der Waals surface area (Å²) in [5, 5.41) is 13.2. The first kappa shape index (κ1) is 20.2. The molecule has 2 N–H and O–H groups in total. The second-order valence-corrected chi connectivity index (χ2v) is 7.64. The van der Waals surface area contributed by atoms with Crippen molar-refractivity contribution in [1.29, 1.82) is 0 Å². The number of carbonyl (C=O) groups is 1. The molecule has 0 saturated carbocycles. The number of nitrogens with one attached hydrogen (secondary N) is 2. The summed E-state index contributed by atoms with van der Waals surface area (Å²) in [6.45, 7) is 5.93. The van der Waals surface area contributed by atoms with E-state index in [1.54, 1.807) is 18.4 Å². The molecule has 0 aliphatic rings. The van der Waals surface area contributed by atoms with E-state index in [4.69, 9.17) is 9.15 Å². The smallest absolute Gasteiger partial charge is 0.279 e. The van der Waals surface area contributed by atoms with Crippen LogP contribution in [0.5, 0.6) is 0 Å². The Bertz CT molecular complexity index is 908. The monoisotopic (exact) mass is 401 g/mol. The van der Waals surface area contributed by atoms with E-state index in [0.717, 1.165) is 26.6 Å². The molecule has 2 aromatic heterocycles. The minimum absolute atomic E-state index is 0.0576. The van der Waals surface area contributed by atoms with Crippen LogP contribution in [-0.2, 0) is 16.1 Å². The Morgan fingerprint density at radius 1 is 1.29 bits per heavy atom. The van der Waals surface area contributed by atoms with E-state index in [1.807, 2.05) is 49.6 Å². The first-order valence-corrected chi connectivity index (χ1v) is 9.99. The van der Waals surface area contributed by atoms with Crippen molar-refractivity contribution in [3.8, 4) is 10.8 Å². The van der Waals surface area contributed by atoms with Crippen LogP contribution in [0.3, 0.4) is 0 Å². The number of quaternary nitrogens is 1. The van der Waals surface area contributed by atoms with Crippen molar-refractivity contribution in [2.75, 3.05) is 32.1 Å². The lowest BCUT2D eigenvalue weighted by Gasteiger charge is -2.17. The van der Waals surface area contributed by atoms with Crippen LogP contribution in [0, 0.1) is 13.8 Å². The summed E-state index contributed by atoms with van der Waals surface area (Å²) >= 11 is 1.55. The van der Waals surface area contributed by atoms with Gasteiger partial charge in [-0.1, -0.05) is 18.2 Å². The number of thiophene rings is 1. The molecule has 8 heteroatoms. The van der Waals surface area contributed by atoms with Gasteiger partial charge in [0.25, 0.3) is 17.7 Å². The summed E-state index contributed by atoms with van der Waals surface area (Å²) in [5.74, 6) is 0.961. The molecule has 148 valence electrons. The number of ether oxygens (including phenoxy) is 1. The quantitative estimate of drug-likeness (QED) is 0.574. The van der Waals surface area contributed by atoms with Crippen LogP contribution in [-0.4, -0.2) is 42.9 Å². The van der Waals surface area contributed by atoms with Crippen molar-refractivity contribution in [3.63, 3.8) is 0 Å². The lowest BCUT2D eigenvalue weighted by atomic mass is 10.1. The van der Waals surface area contributed by atoms with Gasteiger partial charge < -0.3 is 19.4 Å². The van der Waals surface area contributed by atoms with Crippen LogP contribution < -0.4 is 10.2 Å². The van der Waals surface area contributed by atoms with Crippen molar-refractivity contribution in [2.24, 2.45) is 0 Å². The van der Waals surface area contributed by atoms with Gasteiger partial charge in [0.05, 0.1) is 11.5 Å². The SMILES string of the molecule is COCC[NH+](CC(=O)Nc1cc(C)ccc1C)Cc1nnc(-c2cccs2)o1. The first-order valence-electron chi connectivity index (χ1n) is 9.11. The van der Waals surface area contributed by atoms with Crippen LogP contribution in [0.25, 0.3) is 10.8 Å². The number of nitrogens with zero attached hydrogens (tertiary/aromatic N) is 2. The van der Waals surface area contributed by atoms with Crippen LogP contribution in [0.2, 0.25) is 0 Å². The van der Waals surface area contributed by atoms with Gasteiger partial charge in [-0.25, -0.2) is 0 Å². The maximum absolute atomic E-state index is 12.6. The summed E-state index contributed by atoms with van der Waals surface area (Å²) in [6, 6.07) is 9.90. The molecule has 0 aliphatic heterocycles. The van der Waals surface area contributed by atoms with E-state index in [-0.39, 0.29) is 12.5 Å². The molecular formula is C20H25N4O3S+. The Morgan fingerprint density at radius 3 is 2.89 bits per heavy atom. The van der Waals surface area contributed by atoms with Crippen LogP contribution in [0.1, 0.15) is 17.0 Å². The Hall–Kier alpha value is -2.55.